The van der Waals surface area contributed by atoms with Crippen molar-refractivity contribution < 1.29 is 9.18 Å². The maximum Gasteiger partial charge on any atom is 0.230 e. The monoisotopic (exact) mass is 444 g/mol. The van der Waals surface area contributed by atoms with E-state index in [4.69, 9.17) is 15.7 Å². The number of nitrogens with two attached hydrogens (primary N) is 1. The number of nitrogens with one attached hydrogen (secondary N) is 1. The third-order valence-corrected chi connectivity index (χ3v) is 6.47. The normalized spacial score (nSPS) is 12.2. The fourth-order valence-electron chi connectivity index (χ4n) is 3.94. The fraction of sp³-hybridized carbons (Fsp3) is 0.160. The minimum atomic E-state index is -0.317. The molecule has 5 rings (SSSR count). The van der Waals surface area contributed by atoms with Gasteiger partial charge in [0.05, 0.1) is 22.7 Å². The van der Waals surface area contributed by atoms with Crippen molar-refractivity contribution in [1.29, 1.82) is 0 Å². The molecule has 5 nitrogen and oxygen atoms in total. The van der Waals surface area contributed by atoms with Gasteiger partial charge in [0.25, 0.3) is 0 Å². The molecule has 160 valence electrons. The van der Waals surface area contributed by atoms with E-state index in [-0.39, 0.29) is 18.1 Å². The zero-order valence-electron chi connectivity index (χ0n) is 17.5. The Kier molecular flexibility index (Phi) is 5.19. The molecule has 2 heterocycles. The highest BCUT2D eigenvalue weighted by molar-refractivity contribution is 7.13. The Balaban J connectivity index is 1.51. The number of nitrogens with zero attached hydrogens (tertiary/aromatic N) is 2. The maximum absolute atomic E-state index is 13.9. The van der Waals surface area contributed by atoms with Crippen LogP contribution in [0.3, 0.4) is 0 Å². The Labute approximate surface area is 189 Å². The summed E-state index contributed by atoms with van der Waals surface area (Å²) >= 11 is 1.54. The van der Waals surface area contributed by atoms with Crippen LogP contribution >= 0.6 is 11.3 Å². The number of carbonyl (C=O) groups is 1. The van der Waals surface area contributed by atoms with Gasteiger partial charge in [0.15, 0.2) is 5.82 Å². The molecule has 0 bridgehead atoms. The van der Waals surface area contributed by atoms with Crippen molar-refractivity contribution >= 4 is 28.7 Å². The highest BCUT2D eigenvalue weighted by Crippen LogP contribution is 2.37. The molecule has 2 aromatic carbocycles. The number of nitrogen functional groups attached to an aromatic ring is 1. The van der Waals surface area contributed by atoms with E-state index >= 15 is 0 Å². The van der Waals surface area contributed by atoms with Gasteiger partial charge in [-0.2, -0.15) is 0 Å². The molecule has 3 N–H and O–H groups in total. The molecule has 1 aliphatic rings. The SMILES string of the molecule is Cc1ccc(CC(=O)Nc2nc3c(nc2-c2cccs2)-c2ccc(N)cc2CC3)cc1F. The number of rotatable bonds is 4. The van der Waals surface area contributed by atoms with E-state index in [9.17, 15) is 9.18 Å². The Bertz CT molecular complexity index is 1330. The molecule has 0 saturated carbocycles. The van der Waals surface area contributed by atoms with E-state index in [0.29, 0.717) is 22.6 Å². The van der Waals surface area contributed by atoms with Crippen molar-refractivity contribution in [3.8, 4) is 21.8 Å². The summed E-state index contributed by atoms with van der Waals surface area (Å²) in [5.41, 5.74) is 12.3. The lowest BCUT2D eigenvalue weighted by Crippen LogP contribution is -2.19. The molecule has 7 heteroatoms. The highest BCUT2D eigenvalue weighted by Gasteiger charge is 2.23. The maximum atomic E-state index is 13.9. The average molecular weight is 445 g/mol. The van der Waals surface area contributed by atoms with Crippen LogP contribution in [0.4, 0.5) is 15.9 Å². The van der Waals surface area contributed by atoms with E-state index < -0.39 is 0 Å². The topological polar surface area (TPSA) is 80.9 Å². The largest absolute Gasteiger partial charge is 0.399 e. The molecule has 0 atom stereocenters. The first-order valence-corrected chi connectivity index (χ1v) is 11.2. The van der Waals surface area contributed by atoms with Gasteiger partial charge in [0, 0.05) is 11.3 Å². The van der Waals surface area contributed by atoms with E-state index in [0.717, 1.165) is 45.9 Å². The first-order valence-electron chi connectivity index (χ1n) is 10.4. The lowest BCUT2D eigenvalue weighted by Gasteiger charge is -2.21. The summed E-state index contributed by atoms with van der Waals surface area (Å²) in [5.74, 6) is -0.144. The first kappa shape index (κ1) is 20.3. The summed E-state index contributed by atoms with van der Waals surface area (Å²) in [4.78, 5) is 23.5. The van der Waals surface area contributed by atoms with E-state index in [2.05, 4.69) is 5.32 Å². The minimum Gasteiger partial charge on any atom is -0.399 e. The van der Waals surface area contributed by atoms with Crippen LogP contribution in [0.5, 0.6) is 0 Å². The molecule has 0 unspecified atom stereocenters. The molecule has 4 aromatic rings. The number of anilines is 2. The standard InChI is InChI=1S/C25H21FN4OS/c1-14-4-5-15(11-19(14)26)12-22(31)29-25-24(21-3-2-10-32-21)30-23-18-8-7-17(27)13-16(18)6-9-20(23)28-25/h2-5,7-8,10-11,13H,6,9,12,27H2,1H3,(H,28,29,31). The van der Waals surface area contributed by atoms with Gasteiger partial charge in [0.2, 0.25) is 5.91 Å². The van der Waals surface area contributed by atoms with E-state index in [1.807, 2.05) is 35.7 Å². The Morgan fingerprint density at radius 3 is 2.78 bits per heavy atom. The number of thiophene rings is 1. The number of hydrogen-bond acceptors (Lipinski definition) is 5. The van der Waals surface area contributed by atoms with Crippen LogP contribution in [0.15, 0.2) is 53.9 Å². The average Bonchev–Trinajstić information content (AvgIpc) is 3.30. The molecule has 32 heavy (non-hydrogen) atoms. The van der Waals surface area contributed by atoms with Gasteiger partial charge in [-0.15, -0.1) is 11.3 Å². The summed E-state index contributed by atoms with van der Waals surface area (Å²) in [6.45, 7) is 1.70. The summed E-state index contributed by atoms with van der Waals surface area (Å²) in [7, 11) is 0. The molecular weight excluding hydrogens is 423 g/mol. The molecule has 0 fully saturated rings. The summed E-state index contributed by atoms with van der Waals surface area (Å²) in [6, 6.07) is 14.6. The van der Waals surface area contributed by atoms with Crippen LogP contribution < -0.4 is 11.1 Å². The minimum absolute atomic E-state index is 0.0575. The molecule has 0 radical (unpaired) electrons. The number of benzene rings is 2. The van der Waals surface area contributed by atoms with Crippen molar-refractivity contribution in [2.45, 2.75) is 26.2 Å². The number of amides is 1. The first-order chi connectivity index (χ1) is 15.5. The third-order valence-electron chi connectivity index (χ3n) is 5.60. The smallest absolute Gasteiger partial charge is 0.230 e. The predicted octanol–water partition coefficient (Wildman–Crippen LogP) is 5.18. The number of halogens is 1. The molecule has 1 aliphatic carbocycles. The number of carbonyl (C=O) groups excluding carboxylic acids is 1. The lowest BCUT2D eigenvalue weighted by molar-refractivity contribution is -0.115. The molecule has 1 amide bonds. The molecular formula is C25H21FN4OS. The van der Waals surface area contributed by atoms with Crippen molar-refractivity contribution in [1.82, 2.24) is 9.97 Å². The molecule has 0 aliphatic heterocycles. The fourth-order valence-corrected chi connectivity index (χ4v) is 4.66. The van der Waals surface area contributed by atoms with Crippen LogP contribution in [0.25, 0.3) is 21.8 Å². The van der Waals surface area contributed by atoms with Gasteiger partial charge >= 0.3 is 0 Å². The van der Waals surface area contributed by atoms with Gasteiger partial charge in [0.1, 0.15) is 11.5 Å². The van der Waals surface area contributed by atoms with Gasteiger partial charge in [-0.3, -0.25) is 4.79 Å². The van der Waals surface area contributed by atoms with Crippen molar-refractivity contribution in [2.24, 2.45) is 0 Å². The molecule has 0 spiro atoms. The molecule has 2 aromatic heterocycles. The van der Waals surface area contributed by atoms with Crippen LogP contribution in [0, 0.1) is 12.7 Å². The second kappa shape index (κ2) is 8.16. The number of aromatic nitrogens is 2. The highest BCUT2D eigenvalue weighted by atomic mass is 32.1. The second-order valence-electron chi connectivity index (χ2n) is 7.92. The summed E-state index contributed by atoms with van der Waals surface area (Å²) in [6.07, 6.45) is 1.59. The number of hydrogen-bond donors (Lipinski definition) is 2. The van der Waals surface area contributed by atoms with Crippen LogP contribution in [0.2, 0.25) is 0 Å². The quantitative estimate of drug-likeness (QED) is 0.425. The summed E-state index contributed by atoms with van der Waals surface area (Å²) < 4.78 is 13.9. The van der Waals surface area contributed by atoms with Gasteiger partial charge in [-0.25, -0.2) is 14.4 Å². The van der Waals surface area contributed by atoms with Crippen LogP contribution in [-0.2, 0) is 24.1 Å². The Morgan fingerprint density at radius 2 is 2.00 bits per heavy atom. The summed E-state index contributed by atoms with van der Waals surface area (Å²) in [5, 5.41) is 4.88. The van der Waals surface area contributed by atoms with Crippen LogP contribution in [-0.4, -0.2) is 15.9 Å². The zero-order valence-corrected chi connectivity index (χ0v) is 18.3. The van der Waals surface area contributed by atoms with Crippen molar-refractivity contribution in [3.63, 3.8) is 0 Å². The predicted molar refractivity (Wildman–Crippen MR) is 126 cm³/mol. The number of aryl methyl sites for hydroxylation is 3. The zero-order chi connectivity index (χ0) is 22.2. The van der Waals surface area contributed by atoms with Crippen molar-refractivity contribution in [2.75, 3.05) is 11.1 Å². The molecule has 0 saturated heterocycles. The van der Waals surface area contributed by atoms with Gasteiger partial charge in [-0.05, 0) is 66.1 Å². The van der Waals surface area contributed by atoms with Gasteiger partial charge < -0.3 is 11.1 Å². The Hall–Kier alpha value is -3.58. The van der Waals surface area contributed by atoms with Crippen molar-refractivity contribution in [3.05, 3.63) is 82.1 Å². The Morgan fingerprint density at radius 1 is 1.12 bits per heavy atom. The number of fused-ring (bicyclic) bond motifs is 3. The van der Waals surface area contributed by atoms with E-state index in [1.54, 1.807) is 19.1 Å². The lowest BCUT2D eigenvalue weighted by atomic mass is 9.91. The third kappa shape index (κ3) is 3.87. The van der Waals surface area contributed by atoms with Crippen LogP contribution in [0.1, 0.15) is 22.4 Å². The van der Waals surface area contributed by atoms with E-state index in [1.165, 1.54) is 17.4 Å². The van der Waals surface area contributed by atoms with Gasteiger partial charge in [-0.1, -0.05) is 24.3 Å². The second-order valence-corrected chi connectivity index (χ2v) is 8.87.